The molecule has 0 aliphatic rings. The first-order valence-electron chi connectivity index (χ1n) is 2.30. The van der Waals surface area contributed by atoms with Crippen LogP contribution < -0.4 is 5.73 Å². The molecule has 0 aliphatic heterocycles. The van der Waals surface area contributed by atoms with Gasteiger partial charge in [-0.3, -0.25) is 4.79 Å². The Kier molecular flexibility index (Phi) is 2.88. The molecule has 0 saturated heterocycles. The highest BCUT2D eigenvalue weighted by atomic mass is 16.2. The fourth-order valence-electron chi connectivity index (χ4n) is 0.246. The number of hydrogen-bond acceptors (Lipinski definition) is 2. The maximum atomic E-state index is 10.5. The summed E-state index contributed by atoms with van der Waals surface area (Å²) in [7, 11) is 1.61. The fourth-order valence-corrected chi connectivity index (χ4v) is 0.246. The second kappa shape index (κ2) is 3.21. The number of amides is 1. The molecule has 0 spiro atoms. The SMILES string of the molecule is C=CN(C)C(=O)CN. The van der Waals surface area contributed by atoms with E-state index in [1.165, 1.54) is 11.1 Å². The van der Waals surface area contributed by atoms with E-state index in [-0.39, 0.29) is 12.5 Å². The first-order chi connectivity index (χ1) is 3.72. The molecule has 0 fully saturated rings. The summed E-state index contributed by atoms with van der Waals surface area (Å²) in [4.78, 5) is 11.8. The number of nitrogens with zero attached hydrogens (tertiary/aromatic N) is 1. The third-order valence-corrected chi connectivity index (χ3v) is 0.842. The van der Waals surface area contributed by atoms with Gasteiger partial charge in [0.15, 0.2) is 0 Å². The van der Waals surface area contributed by atoms with Gasteiger partial charge in [-0.1, -0.05) is 6.58 Å². The molecule has 3 heteroatoms. The van der Waals surface area contributed by atoms with Crippen molar-refractivity contribution in [3.63, 3.8) is 0 Å². The lowest BCUT2D eigenvalue weighted by molar-refractivity contribution is -0.126. The van der Waals surface area contributed by atoms with Gasteiger partial charge in [-0.05, 0) is 6.20 Å². The third kappa shape index (κ3) is 1.75. The highest BCUT2D eigenvalue weighted by molar-refractivity contribution is 5.78. The topological polar surface area (TPSA) is 46.3 Å². The van der Waals surface area contributed by atoms with E-state index in [1.54, 1.807) is 7.05 Å². The third-order valence-electron chi connectivity index (χ3n) is 0.842. The van der Waals surface area contributed by atoms with Crippen LogP contribution in [0.2, 0.25) is 0 Å². The van der Waals surface area contributed by atoms with E-state index in [2.05, 4.69) is 6.58 Å². The molecule has 1 amide bonds. The number of carbonyl (C=O) groups excluding carboxylic acids is 1. The summed E-state index contributed by atoms with van der Waals surface area (Å²) in [6, 6.07) is 0. The van der Waals surface area contributed by atoms with Gasteiger partial charge in [0.1, 0.15) is 0 Å². The zero-order valence-electron chi connectivity index (χ0n) is 4.92. The predicted octanol–water partition coefficient (Wildman–Crippen LogP) is -0.453. The first-order valence-corrected chi connectivity index (χ1v) is 2.30. The first kappa shape index (κ1) is 7.17. The maximum absolute atomic E-state index is 10.5. The van der Waals surface area contributed by atoms with Crippen LogP contribution in [0.15, 0.2) is 12.8 Å². The second-order valence-corrected chi connectivity index (χ2v) is 1.39. The zero-order chi connectivity index (χ0) is 6.57. The predicted molar refractivity (Wildman–Crippen MR) is 32.0 cm³/mol. The molecule has 0 saturated carbocycles. The Morgan fingerprint density at radius 1 is 2.00 bits per heavy atom. The van der Waals surface area contributed by atoms with E-state index in [1.807, 2.05) is 0 Å². The molecule has 46 valence electrons. The molecule has 0 radical (unpaired) electrons. The summed E-state index contributed by atoms with van der Waals surface area (Å²) in [6.07, 6.45) is 1.43. The van der Waals surface area contributed by atoms with Gasteiger partial charge in [0.05, 0.1) is 6.54 Å². The molecule has 0 aliphatic carbocycles. The Labute approximate surface area is 48.8 Å². The average molecular weight is 114 g/mol. The normalized spacial score (nSPS) is 8.25. The smallest absolute Gasteiger partial charge is 0.239 e. The van der Waals surface area contributed by atoms with Crippen molar-refractivity contribution in [2.24, 2.45) is 5.73 Å². The van der Waals surface area contributed by atoms with Crippen molar-refractivity contribution in [3.05, 3.63) is 12.8 Å². The molecule has 0 bridgehead atoms. The highest BCUT2D eigenvalue weighted by Gasteiger charge is 1.98. The van der Waals surface area contributed by atoms with E-state index in [9.17, 15) is 4.79 Å². The molecular formula is C5H10N2O. The number of hydrogen-bond donors (Lipinski definition) is 1. The lowest BCUT2D eigenvalue weighted by Crippen LogP contribution is -2.27. The second-order valence-electron chi connectivity index (χ2n) is 1.39. The van der Waals surface area contributed by atoms with Gasteiger partial charge in [0.25, 0.3) is 0 Å². The van der Waals surface area contributed by atoms with Gasteiger partial charge >= 0.3 is 0 Å². The Balaban J connectivity index is 3.62. The average Bonchev–Trinajstić information content (AvgIpc) is 1.84. The number of nitrogens with two attached hydrogens (primary N) is 1. The minimum Gasteiger partial charge on any atom is -0.322 e. The van der Waals surface area contributed by atoms with Crippen molar-refractivity contribution in [2.45, 2.75) is 0 Å². The van der Waals surface area contributed by atoms with Crippen LogP contribution in [-0.4, -0.2) is 24.4 Å². The van der Waals surface area contributed by atoms with Crippen molar-refractivity contribution in [3.8, 4) is 0 Å². The van der Waals surface area contributed by atoms with Gasteiger partial charge < -0.3 is 10.6 Å². The quantitative estimate of drug-likeness (QED) is 0.528. The van der Waals surface area contributed by atoms with Crippen LogP contribution in [-0.2, 0) is 4.79 Å². The molecule has 0 rings (SSSR count). The van der Waals surface area contributed by atoms with E-state index >= 15 is 0 Å². The van der Waals surface area contributed by atoms with E-state index in [0.29, 0.717) is 0 Å². The fraction of sp³-hybridized carbons (Fsp3) is 0.400. The number of rotatable bonds is 2. The monoisotopic (exact) mass is 114 g/mol. The Bertz CT molecular complexity index is 101. The van der Waals surface area contributed by atoms with E-state index in [0.717, 1.165) is 0 Å². The standard InChI is InChI=1S/C5H10N2O/c1-3-7(2)5(8)4-6/h3H,1,4,6H2,2H3. The molecule has 0 atom stereocenters. The van der Waals surface area contributed by atoms with Crippen LogP contribution in [0.25, 0.3) is 0 Å². The zero-order valence-corrected chi connectivity index (χ0v) is 4.92. The van der Waals surface area contributed by atoms with Crippen LogP contribution in [0.5, 0.6) is 0 Å². The Hall–Kier alpha value is -0.830. The van der Waals surface area contributed by atoms with Crippen molar-refractivity contribution in [1.29, 1.82) is 0 Å². The molecule has 0 aromatic carbocycles. The molecule has 3 nitrogen and oxygen atoms in total. The van der Waals surface area contributed by atoms with Crippen LogP contribution >= 0.6 is 0 Å². The summed E-state index contributed by atoms with van der Waals surface area (Å²) < 4.78 is 0. The molecule has 2 N–H and O–H groups in total. The molecule has 0 heterocycles. The summed E-state index contributed by atoms with van der Waals surface area (Å²) in [6.45, 7) is 3.42. The van der Waals surface area contributed by atoms with E-state index in [4.69, 9.17) is 5.73 Å². The minimum absolute atomic E-state index is 0.0442. The molecule has 8 heavy (non-hydrogen) atoms. The number of carbonyl (C=O) groups is 1. The van der Waals surface area contributed by atoms with Gasteiger partial charge in [-0.15, -0.1) is 0 Å². The lowest BCUT2D eigenvalue weighted by Gasteiger charge is -2.07. The van der Waals surface area contributed by atoms with Gasteiger partial charge in [0.2, 0.25) is 5.91 Å². The molecule has 0 unspecified atom stereocenters. The van der Waals surface area contributed by atoms with Crippen molar-refractivity contribution < 1.29 is 4.79 Å². The van der Waals surface area contributed by atoms with Gasteiger partial charge in [-0.25, -0.2) is 0 Å². The molecule has 0 aromatic heterocycles. The van der Waals surface area contributed by atoms with Crippen molar-refractivity contribution >= 4 is 5.91 Å². The molecular weight excluding hydrogens is 104 g/mol. The van der Waals surface area contributed by atoms with Crippen molar-refractivity contribution in [1.82, 2.24) is 4.90 Å². The summed E-state index contributed by atoms with van der Waals surface area (Å²) in [5, 5.41) is 0. The van der Waals surface area contributed by atoms with Crippen LogP contribution in [0.4, 0.5) is 0 Å². The lowest BCUT2D eigenvalue weighted by atomic mass is 10.5. The maximum Gasteiger partial charge on any atom is 0.239 e. The van der Waals surface area contributed by atoms with Crippen LogP contribution in [0.1, 0.15) is 0 Å². The summed E-state index contributed by atoms with van der Waals surface area (Å²) >= 11 is 0. The molecule has 0 aromatic rings. The summed E-state index contributed by atoms with van der Waals surface area (Å²) in [5.41, 5.74) is 5.01. The van der Waals surface area contributed by atoms with Gasteiger partial charge in [0, 0.05) is 7.05 Å². The number of likely N-dealkylation sites (N-methyl/N-ethyl adjacent to an activating group) is 1. The van der Waals surface area contributed by atoms with Crippen LogP contribution in [0, 0.1) is 0 Å². The van der Waals surface area contributed by atoms with Gasteiger partial charge in [-0.2, -0.15) is 0 Å². The largest absolute Gasteiger partial charge is 0.322 e. The highest BCUT2D eigenvalue weighted by Crippen LogP contribution is 1.79. The Morgan fingerprint density at radius 2 is 2.50 bits per heavy atom. The Morgan fingerprint density at radius 3 is 2.62 bits per heavy atom. The minimum atomic E-state index is -0.125. The van der Waals surface area contributed by atoms with Crippen LogP contribution in [0.3, 0.4) is 0 Å². The van der Waals surface area contributed by atoms with Crippen molar-refractivity contribution in [2.75, 3.05) is 13.6 Å². The summed E-state index contributed by atoms with van der Waals surface area (Å²) in [5.74, 6) is -0.125. The van der Waals surface area contributed by atoms with E-state index < -0.39 is 0 Å².